The fourth-order valence-corrected chi connectivity index (χ4v) is 3.59. The summed E-state index contributed by atoms with van der Waals surface area (Å²) in [6.45, 7) is 0.874. The van der Waals surface area contributed by atoms with Crippen LogP contribution in [0, 0.1) is 0 Å². The first-order valence-electron chi connectivity index (χ1n) is 7.49. The molecule has 0 aliphatic rings. The summed E-state index contributed by atoms with van der Waals surface area (Å²) in [5.74, 6) is -0.0993. The van der Waals surface area contributed by atoms with Crippen LogP contribution >= 0.6 is 27.3 Å². The Bertz CT molecular complexity index is 643. The number of halogens is 1. The van der Waals surface area contributed by atoms with E-state index >= 15 is 0 Å². The van der Waals surface area contributed by atoms with Crippen molar-refractivity contribution in [3.05, 3.63) is 56.7 Å². The molecule has 4 nitrogen and oxygen atoms in total. The van der Waals surface area contributed by atoms with E-state index in [1.807, 2.05) is 24.3 Å². The van der Waals surface area contributed by atoms with E-state index < -0.39 is 0 Å². The second-order valence-corrected chi connectivity index (χ2v) is 7.58. The van der Waals surface area contributed by atoms with Crippen molar-refractivity contribution < 1.29 is 9.59 Å². The molecule has 0 bridgehead atoms. The van der Waals surface area contributed by atoms with Crippen LogP contribution < -0.4 is 10.6 Å². The van der Waals surface area contributed by atoms with Gasteiger partial charge in [0.05, 0.1) is 3.79 Å². The number of nitrogens with one attached hydrogen (secondary N) is 2. The van der Waals surface area contributed by atoms with Crippen molar-refractivity contribution in [2.24, 2.45) is 0 Å². The normalized spacial score (nSPS) is 10.3. The van der Waals surface area contributed by atoms with Gasteiger partial charge >= 0.3 is 0 Å². The van der Waals surface area contributed by atoms with Gasteiger partial charge in [-0.3, -0.25) is 9.59 Å². The van der Waals surface area contributed by atoms with E-state index in [0.717, 1.165) is 16.6 Å². The molecule has 1 heterocycles. The number of amides is 2. The number of rotatable bonds is 8. The summed E-state index contributed by atoms with van der Waals surface area (Å²) in [6.07, 6.45) is 2.24. The van der Waals surface area contributed by atoms with Crippen molar-refractivity contribution in [1.82, 2.24) is 10.6 Å². The molecular weight excluding hydrogens is 376 g/mol. The third-order valence-electron chi connectivity index (χ3n) is 3.22. The molecular formula is C17H19BrN2O2S. The molecule has 122 valence electrons. The van der Waals surface area contributed by atoms with Gasteiger partial charge in [0.15, 0.2) is 0 Å². The first-order chi connectivity index (χ1) is 11.1. The van der Waals surface area contributed by atoms with Crippen LogP contribution in [0.5, 0.6) is 0 Å². The highest BCUT2D eigenvalue weighted by molar-refractivity contribution is 9.11. The van der Waals surface area contributed by atoms with Crippen LogP contribution in [0.15, 0.2) is 46.3 Å². The Hall–Kier alpha value is -1.66. The van der Waals surface area contributed by atoms with Crippen LogP contribution in [0.2, 0.25) is 0 Å². The smallest absolute Gasteiger partial charge is 0.251 e. The Morgan fingerprint density at radius 1 is 1.00 bits per heavy atom. The molecule has 0 saturated heterocycles. The maximum atomic E-state index is 11.8. The quantitative estimate of drug-likeness (QED) is 0.674. The minimum atomic E-state index is -0.122. The van der Waals surface area contributed by atoms with Gasteiger partial charge in [-0.15, -0.1) is 11.3 Å². The van der Waals surface area contributed by atoms with E-state index in [1.54, 1.807) is 23.5 Å². The van der Waals surface area contributed by atoms with Crippen molar-refractivity contribution >= 4 is 39.1 Å². The fourth-order valence-electron chi connectivity index (χ4n) is 2.07. The van der Waals surface area contributed by atoms with Crippen LogP contribution in [-0.4, -0.2) is 24.9 Å². The number of carbonyl (C=O) groups is 2. The first-order valence-corrected chi connectivity index (χ1v) is 9.10. The summed E-state index contributed by atoms with van der Waals surface area (Å²) in [5.41, 5.74) is 0.626. The highest BCUT2D eigenvalue weighted by atomic mass is 79.9. The molecule has 2 aromatic rings. The predicted octanol–water partition coefficient (Wildman–Crippen LogP) is 3.38. The highest BCUT2D eigenvalue weighted by Gasteiger charge is 2.05. The summed E-state index contributed by atoms with van der Waals surface area (Å²) in [5, 5.41) is 5.60. The third kappa shape index (κ3) is 6.54. The molecule has 0 aliphatic carbocycles. The maximum absolute atomic E-state index is 11.8. The SMILES string of the molecule is O=C(CCCc1ccc(Br)s1)NCCNC(=O)c1ccccc1. The van der Waals surface area contributed by atoms with Crippen LogP contribution in [0.25, 0.3) is 0 Å². The summed E-state index contributed by atoms with van der Waals surface area (Å²) in [6, 6.07) is 13.1. The molecule has 0 fully saturated rings. The molecule has 23 heavy (non-hydrogen) atoms. The lowest BCUT2D eigenvalue weighted by molar-refractivity contribution is -0.121. The average Bonchev–Trinajstić information content (AvgIpc) is 2.97. The van der Waals surface area contributed by atoms with Gasteiger partial charge < -0.3 is 10.6 Å². The van der Waals surface area contributed by atoms with Crippen LogP contribution in [0.3, 0.4) is 0 Å². The molecule has 2 amide bonds. The van der Waals surface area contributed by atoms with E-state index in [-0.39, 0.29) is 11.8 Å². The minimum Gasteiger partial charge on any atom is -0.354 e. The predicted molar refractivity (Wildman–Crippen MR) is 96.7 cm³/mol. The van der Waals surface area contributed by atoms with Crippen molar-refractivity contribution in [3.8, 4) is 0 Å². The monoisotopic (exact) mass is 394 g/mol. The van der Waals surface area contributed by atoms with Crippen LogP contribution in [0.4, 0.5) is 0 Å². The molecule has 1 aromatic carbocycles. The van der Waals surface area contributed by atoms with E-state index in [4.69, 9.17) is 0 Å². The molecule has 0 spiro atoms. The lowest BCUT2D eigenvalue weighted by atomic mass is 10.2. The van der Waals surface area contributed by atoms with Gasteiger partial charge in [0, 0.05) is 30.0 Å². The van der Waals surface area contributed by atoms with Crippen molar-refractivity contribution in [2.75, 3.05) is 13.1 Å². The van der Waals surface area contributed by atoms with Gasteiger partial charge in [0.1, 0.15) is 0 Å². The number of benzene rings is 1. The van der Waals surface area contributed by atoms with E-state index in [1.165, 1.54) is 4.88 Å². The number of hydrogen-bond acceptors (Lipinski definition) is 3. The summed E-state index contributed by atoms with van der Waals surface area (Å²) in [7, 11) is 0. The Morgan fingerprint density at radius 2 is 1.74 bits per heavy atom. The van der Waals surface area contributed by atoms with Gasteiger partial charge in [-0.2, -0.15) is 0 Å². The van der Waals surface area contributed by atoms with Crippen LogP contribution in [-0.2, 0) is 11.2 Å². The first kappa shape index (κ1) is 17.7. The van der Waals surface area contributed by atoms with Gasteiger partial charge in [-0.25, -0.2) is 0 Å². The highest BCUT2D eigenvalue weighted by Crippen LogP contribution is 2.23. The topological polar surface area (TPSA) is 58.2 Å². The average molecular weight is 395 g/mol. The Kier molecular flexibility index (Phi) is 7.29. The molecule has 6 heteroatoms. The molecule has 0 aliphatic heterocycles. The van der Waals surface area contributed by atoms with Crippen molar-refractivity contribution in [2.45, 2.75) is 19.3 Å². The largest absolute Gasteiger partial charge is 0.354 e. The zero-order chi connectivity index (χ0) is 16.5. The van der Waals surface area contributed by atoms with Gasteiger partial charge in [-0.1, -0.05) is 18.2 Å². The number of carbonyl (C=O) groups excluding carboxylic acids is 2. The molecule has 0 atom stereocenters. The number of hydrogen-bond donors (Lipinski definition) is 2. The van der Waals surface area contributed by atoms with E-state index in [0.29, 0.717) is 25.1 Å². The second-order valence-electron chi connectivity index (χ2n) is 5.03. The zero-order valence-corrected chi connectivity index (χ0v) is 15.1. The molecule has 0 unspecified atom stereocenters. The summed E-state index contributed by atoms with van der Waals surface area (Å²) >= 11 is 5.13. The van der Waals surface area contributed by atoms with Gasteiger partial charge in [-0.05, 0) is 53.0 Å². The van der Waals surface area contributed by atoms with Gasteiger partial charge in [0.25, 0.3) is 5.91 Å². The van der Waals surface area contributed by atoms with Crippen molar-refractivity contribution in [3.63, 3.8) is 0 Å². The standard InChI is InChI=1S/C17H19BrN2O2S/c18-15-10-9-14(23-15)7-4-8-16(21)19-11-12-20-17(22)13-5-2-1-3-6-13/h1-3,5-6,9-10H,4,7-8,11-12H2,(H,19,21)(H,20,22). The molecule has 1 aromatic heterocycles. The second kappa shape index (κ2) is 9.47. The van der Waals surface area contributed by atoms with Crippen LogP contribution in [0.1, 0.15) is 28.1 Å². The Balaban J connectivity index is 1.55. The Labute approximate surface area is 148 Å². The summed E-state index contributed by atoms with van der Waals surface area (Å²) < 4.78 is 1.12. The number of aryl methyl sites for hydroxylation is 1. The van der Waals surface area contributed by atoms with E-state index in [2.05, 4.69) is 32.6 Å². The lowest BCUT2D eigenvalue weighted by Gasteiger charge is -2.07. The zero-order valence-electron chi connectivity index (χ0n) is 12.7. The molecule has 0 saturated carbocycles. The molecule has 2 rings (SSSR count). The molecule has 2 N–H and O–H groups in total. The lowest BCUT2D eigenvalue weighted by Crippen LogP contribution is -2.34. The minimum absolute atomic E-state index is 0.0228. The number of thiophene rings is 1. The van der Waals surface area contributed by atoms with Crippen molar-refractivity contribution in [1.29, 1.82) is 0 Å². The maximum Gasteiger partial charge on any atom is 0.251 e. The summed E-state index contributed by atoms with van der Waals surface area (Å²) in [4.78, 5) is 24.8. The third-order valence-corrected chi connectivity index (χ3v) is 4.91. The van der Waals surface area contributed by atoms with E-state index in [9.17, 15) is 9.59 Å². The fraction of sp³-hybridized carbons (Fsp3) is 0.294. The van der Waals surface area contributed by atoms with Gasteiger partial charge in [0.2, 0.25) is 5.91 Å². The Morgan fingerprint density at radius 3 is 2.43 bits per heavy atom. The molecule has 0 radical (unpaired) electrons.